The molecule has 0 aromatic rings. The van der Waals surface area contributed by atoms with Gasteiger partial charge in [0.2, 0.25) is 5.91 Å². The molecule has 5 aliphatic rings. The van der Waals surface area contributed by atoms with E-state index in [0.29, 0.717) is 31.3 Å². The van der Waals surface area contributed by atoms with Gasteiger partial charge in [-0.3, -0.25) is 4.79 Å². The van der Waals surface area contributed by atoms with Crippen LogP contribution in [0.5, 0.6) is 0 Å². The third kappa shape index (κ3) is 9.30. The van der Waals surface area contributed by atoms with Crippen molar-refractivity contribution in [3.8, 4) is 0 Å². The molecule has 3 saturated carbocycles. The van der Waals surface area contributed by atoms with Gasteiger partial charge < -0.3 is 24.8 Å². The Morgan fingerprint density at radius 3 is 2.58 bits per heavy atom. The number of unbranched alkanes of at least 4 members (excludes halogenated alkanes) is 3. The van der Waals surface area contributed by atoms with E-state index in [9.17, 15) is 14.7 Å². The zero-order valence-corrected chi connectivity index (χ0v) is 32.9. The SMILES string of the molecule is COCCCC[C@@H]1C[C@@H](O)CN1C(=O)CCCCCNC(=O)O[C@H]1CC[C@@]2(C)C(=CC[C@H]3[C@@H]4CC[C@H]([C@H](C)CCCC(C)C)[C@@]4(C)CC[C@@H]32)C1. The van der Waals surface area contributed by atoms with Crippen LogP contribution in [0.15, 0.2) is 11.6 Å². The first-order valence-electron chi connectivity index (χ1n) is 21.1. The van der Waals surface area contributed by atoms with Crippen molar-refractivity contribution >= 4 is 12.0 Å². The maximum Gasteiger partial charge on any atom is 0.407 e. The van der Waals surface area contributed by atoms with Crippen molar-refractivity contribution in [1.29, 1.82) is 0 Å². The Hall–Kier alpha value is -1.60. The van der Waals surface area contributed by atoms with E-state index in [1.54, 1.807) is 12.7 Å². The number of hydrogen-bond donors (Lipinski definition) is 2. The normalized spacial score (nSPS) is 35.6. The second kappa shape index (κ2) is 18.0. The Morgan fingerprint density at radius 1 is 0.980 bits per heavy atom. The number of nitrogens with zero attached hydrogens (tertiary/aromatic N) is 1. The number of allylic oxidation sites excluding steroid dienone is 1. The van der Waals surface area contributed by atoms with Gasteiger partial charge in [0.25, 0.3) is 0 Å². The maximum atomic E-state index is 12.9. The number of alkyl carbamates (subject to hydrolysis) is 1. The summed E-state index contributed by atoms with van der Waals surface area (Å²) in [7, 11) is 1.71. The van der Waals surface area contributed by atoms with E-state index in [2.05, 4.69) is 46.0 Å². The average molecular weight is 699 g/mol. The van der Waals surface area contributed by atoms with Crippen molar-refractivity contribution in [2.75, 3.05) is 26.8 Å². The van der Waals surface area contributed by atoms with Gasteiger partial charge >= 0.3 is 6.09 Å². The summed E-state index contributed by atoms with van der Waals surface area (Å²) < 4.78 is 11.1. The van der Waals surface area contributed by atoms with Crippen LogP contribution in [0, 0.1) is 46.3 Å². The second-order valence-corrected chi connectivity index (χ2v) is 18.4. The largest absolute Gasteiger partial charge is 0.446 e. The number of likely N-dealkylation sites (tertiary alicyclic amines) is 1. The molecule has 286 valence electrons. The average Bonchev–Trinajstić information content (AvgIpc) is 3.63. The van der Waals surface area contributed by atoms with E-state index in [1.165, 1.54) is 51.4 Å². The minimum Gasteiger partial charge on any atom is -0.446 e. The lowest BCUT2D eigenvalue weighted by atomic mass is 9.47. The van der Waals surface area contributed by atoms with Crippen molar-refractivity contribution in [3.05, 3.63) is 11.6 Å². The molecular formula is C43H74N2O5. The molecule has 0 aromatic heterocycles. The van der Waals surface area contributed by atoms with E-state index in [1.807, 2.05) is 4.90 Å². The number of β-amino-alcohol motifs (C(OH)–C–C–N with tert-alkyl or cyclic N) is 1. The Labute approximate surface area is 305 Å². The molecule has 1 heterocycles. The van der Waals surface area contributed by atoms with Crippen molar-refractivity contribution in [3.63, 3.8) is 0 Å². The molecule has 0 bridgehead atoms. The van der Waals surface area contributed by atoms with E-state index >= 15 is 0 Å². The number of aliphatic hydroxyl groups excluding tert-OH is 1. The molecule has 0 radical (unpaired) electrons. The molecule has 1 saturated heterocycles. The number of ether oxygens (including phenoxy) is 2. The number of hydrogen-bond acceptors (Lipinski definition) is 5. The molecule has 10 atom stereocenters. The van der Waals surface area contributed by atoms with Gasteiger partial charge in [-0.25, -0.2) is 4.79 Å². The molecule has 0 unspecified atom stereocenters. The number of fused-ring (bicyclic) bond motifs is 5. The van der Waals surface area contributed by atoms with E-state index < -0.39 is 6.10 Å². The van der Waals surface area contributed by atoms with Crippen molar-refractivity contribution in [2.24, 2.45) is 46.3 Å². The molecule has 4 aliphatic carbocycles. The van der Waals surface area contributed by atoms with Gasteiger partial charge in [0, 0.05) is 45.7 Å². The lowest BCUT2D eigenvalue weighted by molar-refractivity contribution is -0.132. The lowest BCUT2D eigenvalue weighted by Gasteiger charge is -2.58. The first-order valence-corrected chi connectivity index (χ1v) is 21.1. The molecule has 4 fully saturated rings. The molecule has 1 aliphatic heterocycles. The summed E-state index contributed by atoms with van der Waals surface area (Å²) in [6.45, 7) is 14.3. The van der Waals surface area contributed by atoms with Gasteiger partial charge in [0.05, 0.1) is 6.10 Å². The third-order valence-electron chi connectivity index (χ3n) is 14.7. The van der Waals surface area contributed by atoms with Crippen LogP contribution < -0.4 is 5.32 Å². The van der Waals surface area contributed by atoms with Crippen LogP contribution in [0.2, 0.25) is 0 Å². The topological polar surface area (TPSA) is 88.1 Å². The van der Waals surface area contributed by atoms with E-state index in [4.69, 9.17) is 9.47 Å². The van der Waals surface area contributed by atoms with Crippen LogP contribution >= 0.6 is 0 Å². The molecule has 2 amide bonds. The fraction of sp³-hybridized carbons (Fsp3) is 0.907. The summed E-state index contributed by atoms with van der Waals surface area (Å²) in [6, 6.07) is 0.144. The second-order valence-electron chi connectivity index (χ2n) is 18.4. The summed E-state index contributed by atoms with van der Waals surface area (Å²) in [4.78, 5) is 27.6. The molecule has 7 nitrogen and oxygen atoms in total. The lowest BCUT2D eigenvalue weighted by Crippen LogP contribution is -2.51. The van der Waals surface area contributed by atoms with Gasteiger partial charge in [-0.05, 0) is 130 Å². The highest BCUT2D eigenvalue weighted by atomic mass is 16.6. The number of carbonyl (C=O) groups is 2. The smallest absolute Gasteiger partial charge is 0.407 e. The Balaban J connectivity index is 1.01. The van der Waals surface area contributed by atoms with Gasteiger partial charge in [0.1, 0.15) is 6.10 Å². The predicted molar refractivity (Wildman–Crippen MR) is 202 cm³/mol. The maximum absolute atomic E-state index is 12.9. The molecule has 0 spiro atoms. The Kier molecular flexibility index (Phi) is 14.2. The van der Waals surface area contributed by atoms with Crippen LogP contribution in [-0.4, -0.2) is 67.1 Å². The fourth-order valence-corrected chi connectivity index (χ4v) is 12.0. The highest BCUT2D eigenvalue weighted by molar-refractivity contribution is 5.76. The highest BCUT2D eigenvalue weighted by Crippen LogP contribution is 2.67. The summed E-state index contributed by atoms with van der Waals surface area (Å²) in [6.07, 6.45) is 22.5. The highest BCUT2D eigenvalue weighted by Gasteiger charge is 2.59. The van der Waals surface area contributed by atoms with Crippen LogP contribution in [0.1, 0.15) is 157 Å². The zero-order chi connectivity index (χ0) is 35.9. The summed E-state index contributed by atoms with van der Waals surface area (Å²) in [5.41, 5.74) is 2.34. The number of nitrogens with one attached hydrogen (secondary N) is 1. The third-order valence-corrected chi connectivity index (χ3v) is 14.7. The summed E-state index contributed by atoms with van der Waals surface area (Å²) in [5, 5.41) is 13.2. The number of amides is 2. The van der Waals surface area contributed by atoms with Crippen molar-refractivity contribution in [1.82, 2.24) is 10.2 Å². The van der Waals surface area contributed by atoms with E-state index in [-0.39, 0.29) is 29.6 Å². The predicted octanol–water partition coefficient (Wildman–Crippen LogP) is 9.46. The Bertz CT molecular complexity index is 1140. The van der Waals surface area contributed by atoms with Crippen LogP contribution in [0.25, 0.3) is 0 Å². The minimum atomic E-state index is -0.410. The monoisotopic (exact) mass is 699 g/mol. The fourth-order valence-electron chi connectivity index (χ4n) is 12.0. The van der Waals surface area contributed by atoms with Gasteiger partial charge in [-0.2, -0.15) is 0 Å². The van der Waals surface area contributed by atoms with Crippen molar-refractivity contribution in [2.45, 2.75) is 175 Å². The van der Waals surface area contributed by atoms with Crippen LogP contribution in [0.3, 0.4) is 0 Å². The zero-order valence-electron chi connectivity index (χ0n) is 32.9. The van der Waals surface area contributed by atoms with Crippen molar-refractivity contribution < 1.29 is 24.2 Å². The summed E-state index contributed by atoms with van der Waals surface area (Å²) in [5.74, 6) is 5.17. The molecule has 0 aromatic carbocycles. The molecule has 7 heteroatoms. The first kappa shape index (κ1) is 39.6. The number of aliphatic hydroxyl groups is 1. The Morgan fingerprint density at radius 2 is 1.80 bits per heavy atom. The molecular weight excluding hydrogens is 624 g/mol. The van der Waals surface area contributed by atoms with Gasteiger partial charge in [-0.15, -0.1) is 0 Å². The minimum absolute atomic E-state index is 0.0295. The molecule has 2 N–H and O–H groups in total. The number of rotatable bonds is 17. The first-order chi connectivity index (χ1) is 24.0. The van der Waals surface area contributed by atoms with Crippen LogP contribution in [-0.2, 0) is 14.3 Å². The summed E-state index contributed by atoms with van der Waals surface area (Å²) >= 11 is 0. The van der Waals surface area contributed by atoms with Gasteiger partial charge in [0.15, 0.2) is 0 Å². The van der Waals surface area contributed by atoms with Crippen LogP contribution in [0.4, 0.5) is 4.79 Å². The van der Waals surface area contributed by atoms with E-state index in [0.717, 1.165) is 99.9 Å². The molecule has 5 rings (SSSR count). The quantitative estimate of drug-likeness (QED) is 0.117. The molecule has 50 heavy (non-hydrogen) atoms. The standard InChI is InChI=1S/C43H74N2O5/c1-30(2)13-12-14-31(3)37-19-20-38-36-18-17-32-27-35(21-23-42(32,4)39(36)22-24-43(37,38)5)50-41(48)44-25-10-7-8-16-40(47)45-29-34(46)28-33(45)15-9-11-26-49-6/h17,30-31,33-39,46H,7-16,18-29H2,1-6H3,(H,44,48)/t31-,33-,34-,35+,36+,37-,38+,39+,42+,43-/m1/s1. The number of carbonyl (C=O) groups excluding carboxylic acids is 2. The van der Waals surface area contributed by atoms with Gasteiger partial charge in [-0.1, -0.05) is 72.0 Å². The number of methoxy groups -OCH3 is 1.